The Hall–Kier alpha value is -3.01. The summed E-state index contributed by atoms with van der Waals surface area (Å²) < 4.78 is 45.4. The first-order chi connectivity index (χ1) is 14.2. The molecular formula is C20H19F3N4O2S. The Kier molecular flexibility index (Phi) is 6.66. The number of rotatable bonds is 7. The summed E-state index contributed by atoms with van der Waals surface area (Å²) in [7, 11) is 1.70. The van der Waals surface area contributed by atoms with Crippen LogP contribution in [-0.2, 0) is 24.6 Å². The minimum absolute atomic E-state index is 0.0547. The molecule has 0 fully saturated rings. The summed E-state index contributed by atoms with van der Waals surface area (Å²) >= 11 is 1.20. The van der Waals surface area contributed by atoms with Crippen molar-refractivity contribution in [2.75, 3.05) is 11.1 Å². The minimum Gasteiger partial charge on any atom is -0.486 e. The topological polar surface area (TPSA) is 69.0 Å². The van der Waals surface area contributed by atoms with Gasteiger partial charge in [0.15, 0.2) is 11.0 Å². The number of benzene rings is 2. The molecule has 0 aliphatic heterocycles. The predicted octanol–water partition coefficient (Wildman–Crippen LogP) is 4.45. The monoisotopic (exact) mass is 436 g/mol. The lowest BCUT2D eigenvalue weighted by Gasteiger charge is -2.10. The Morgan fingerprint density at radius 3 is 2.67 bits per heavy atom. The van der Waals surface area contributed by atoms with E-state index in [1.54, 1.807) is 17.7 Å². The van der Waals surface area contributed by atoms with Crippen LogP contribution in [0.2, 0.25) is 0 Å². The fourth-order valence-corrected chi connectivity index (χ4v) is 3.29. The standard InChI is InChI=1S/C20H19F3N4O2S/c1-13-5-3-7-15(9-13)24-18(28)12-30-19-26-25-17(27(19)2)11-29-16-8-4-6-14(10-16)20(21,22)23/h3-10H,11-12H2,1-2H3,(H,24,28). The molecular weight excluding hydrogens is 417 g/mol. The summed E-state index contributed by atoms with van der Waals surface area (Å²) in [5.41, 5.74) is 0.974. The highest BCUT2D eigenvalue weighted by Gasteiger charge is 2.30. The number of carbonyl (C=O) groups excluding carboxylic acids is 1. The summed E-state index contributed by atoms with van der Waals surface area (Å²) in [4.78, 5) is 12.1. The van der Waals surface area contributed by atoms with E-state index in [0.29, 0.717) is 16.7 Å². The van der Waals surface area contributed by atoms with Gasteiger partial charge in [0, 0.05) is 12.7 Å². The maximum atomic E-state index is 12.8. The molecule has 0 saturated carbocycles. The first kappa shape index (κ1) is 21.7. The molecule has 1 aromatic heterocycles. The molecule has 0 unspecified atom stereocenters. The van der Waals surface area contributed by atoms with Crippen molar-refractivity contribution in [3.05, 3.63) is 65.5 Å². The number of hydrogen-bond donors (Lipinski definition) is 1. The molecule has 0 radical (unpaired) electrons. The second kappa shape index (κ2) is 9.21. The quantitative estimate of drug-likeness (QED) is 0.554. The van der Waals surface area contributed by atoms with E-state index in [1.807, 2.05) is 25.1 Å². The van der Waals surface area contributed by atoms with Gasteiger partial charge in [-0.1, -0.05) is 30.0 Å². The number of ether oxygens (including phenoxy) is 1. The number of aryl methyl sites for hydroxylation is 1. The minimum atomic E-state index is -4.44. The number of hydrogen-bond acceptors (Lipinski definition) is 5. The van der Waals surface area contributed by atoms with Crippen molar-refractivity contribution in [3.8, 4) is 5.75 Å². The van der Waals surface area contributed by atoms with Gasteiger partial charge in [-0.15, -0.1) is 10.2 Å². The first-order valence-electron chi connectivity index (χ1n) is 8.90. The fourth-order valence-electron chi connectivity index (χ4n) is 2.56. The summed E-state index contributed by atoms with van der Waals surface area (Å²) in [5.74, 6) is 0.456. The van der Waals surface area contributed by atoms with Crippen molar-refractivity contribution >= 4 is 23.4 Å². The van der Waals surface area contributed by atoms with E-state index in [9.17, 15) is 18.0 Å². The summed E-state index contributed by atoms with van der Waals surface area (Å²) in [5, 5.41) is 11.3. The summed E-state index contributed by atoms with van der Waals surface area (Å²) in [6, 6.07) is 12.1. The number of thioether (sulfide) groups is 1. The van der Waals surface area contributed by atoms with Crippen LogP contribution in [0.15, 0.2) is 53.7 Å². The normalized spacial score (nSPS) is 11.4. The molecule has 3 rings (SSSR count). The lowest BCUT2D eigenvalue weighted by Crippen LogP contribution is -2.14. The molecule has 0 atom stereocenters. The van der Waals surface area contributed by atoms with E-state index in [-0.39, 0.29) is 24.0 Å². The van der Waals surface area contributed by atoms with Gasteiger partial charge in [-0.25, -0.2) is 0 Å². The Morgan fingerprint density at radius 2 is 1.93 bits per heavy atom. The van der Waals surface area contributed by atoms with Crippen LogP contribution >= 0.6 is 11.8 Å². The van der Waals surface area contributed by atoms with Crippen molar-refractivity contribution in [2.24, 2.45) is 7.05 Å². The van der Waals surface area contributed by atoms with E-state index in [2.05, 4.69) is 15.5 Å². The molecule has 3 aromatic rings. The van der Waals surface area contributed by atoms with Crippen LogP contribution < -0.4 is 10.1 Å². The molecule has 0 saturated heterocycles. The van der Waals surface area contributed by atoms with Crippen molar-refractivity contribution in [1.29, 1.82) is 0 Å². The summed E-state index contributed by atoms with van der Waals surface area (Å²) in [6.07, 6.45) is -4.44. The van der Waals surface area contributed by atoms with Crippen LogP contribution in [0.25, 0.3) is 0 Å². The second-order valence-electron chi connectivity index (χ2n) is 6.48. The van der Waals surface area contributed by atoms with Crippen LogP contribution in [0, 0.1) is 6.92 Å². The van der Waals surface area contributed by atoms with Gasteiger partial charge in [-0.05, 0) is 42.8 Å². The molecule has 1 amide bonds. The van der Waals surface area contributed by atoms with Crippen molar-refractivity contribution in [3.63, 3.8) is 0 Å². The number of amides is 1. The van der Waals surface area contributed by atoms with Gasteiger partial charge >= 0.3 is 6.18 Å². The van der Waals surface area contributed by atoms with Gasteiger partial charge in [-0.3, -0.25) is 4.79 Å². The average molecular weight is 436 g/mol. The van der Waals surface area contributed by atoms with Gasteiger partial charge in [0.2, 0.25) is 5.91 Å². The molecule has 0 bridgehead atoms. The maximum Gasteiger partial charge on any atom is 0.416 e. The third-order valence-corrected chi connectivity index (χ3v) is 5.11. The third kappa shape index (κ3) is 5.76. The van der Waals surface area contributed by atoms with Gasteiger partial charge in [-0.2, -0.15) is 13.2 Å². The highest BCUT2D eigenvalue weighted by atomic mass is 32.2. The zero-order valence-corrected chi connectivity index (χ0v) is 17.0. The number of nitrogens with zero attached hydrogens (tertiary/aromatic N) is 3. The van der Waals surface area contributed by atoms with Crippen molar-refractivity contribution < 1.29 is 22.7 Å². The molecule has 2 aromatic carbocycles. The van der Waals surface area contributed by atoms with E-state index < -0.39 is 11.7 Å². The lowest BCUT2D eigenvalue weighted by atomic mass is 10.2. The number of anilines is 1. The number of carbonyl (C=O) groups is 1. The zero-order valence-electron chi connectivity index (χ0n) is 16.2. The Morgan fingerprint density at radius 1 is 1.17 bits per heavy atom. The lowest BCUT2D eigenvalue weighted by molar-refractivity contribution is -0.137. The third-order valence-electron chi connectivity index (χ3n) is 4.09. The smallest absolute Gasteiger partial charge is 0.416 e. The first-order valence-corrected chi connectivity index (χ1v) is 9.88. The van der Waals surface area contributed by atoms with Crippen molar-refractivity contribution in [2.45, 2.75) is 24.9 Å². The van der Waals surface area contributed by atoms with Gasteiger partial charge < -0.3 is 14.6 Å². The average Bonchev–Trinajstić information content (AvgIpc) is 3.04. The molecule has 158 valence electrons. The van der Waals surface area contributed by atoms with Gasteiger partial charge in [0.25, 0.3) is 0 Å². The summed E-state index contributed by atoms with van der Waals surface area (Å²) in [6.45, 7) is 1.88. The van der Waals surface area contributed by atoms with E-state index >= 15 is 0 Å². The van der Waals surface area contributed by atoms with E-state index in [4.69, 9.17) is 4.74 Å². The molecule has 0 aliphatic rings. The van der Waals surface area contributed by atoms with Crippen LogP contribution in [0.1, 0.15) is 17.0 Å². The molecule has 1 N–H and O–H groups in total. The number of aromatic nitrogens is 3. The molecule has 0 aliphatic carbocycles. The Labute approximate surface area is 175 Å². The molecule has 10 heteroatoms. The maximum absolute atomic E-state index is 12.8. The number of nitrogens with one attached hydrogen (secondary N) is 1. The predicted molar refractivity (Wildman–Crippen MR) is 107 cm³/mol. The molecule has 0 spiro atoms. The van der Waals surface area contributed by atoms with Crippen molar-refractivity contribution in [1.82, 2.24) is 14.8 Å². The zero-order chi connectivity index (χ0) is 21.7. The number of alkyl halides is 3. The van der Waals surface area contributed by atoms with E-state index in [1.165, 1.54) is 23.9 Å². The number of halogens is 3. The van der Waals surface area contributed by atoms with Crippen LogP contribution in [0.3, 0.4) is 0 Å². The van der Waals surface area contributed by atoms with Crippen LogP contribution in [0.5, 0.6) is 5.75 Å². The van der Waals surface area contributed by atoms with Gasteiger partial charge in [0.1, 0.15) is 12.4 Å². The molecule has 1 heterocycles. The molecule has 30 heavy (non-hydrogen) atoms. The fraction of sp³-hybridized carbons (Fsp3) is 0.250. The van der Waals surface area contributed by atoms with E-state index in [0.717, 1.165) is 17.7 Å². The molecule has 6 nitrogen and oxygen atoms in total. The highest BCUT2D eigenvalue weighted by Crippen LogP contribution is 2.31. The SMILES string of the molecule is Cc1cccc(NC(=O)CSc2nnc(COc3cccc(C(F)(F)F)c3)n2C)c1. The largest absolute Gasteiger partial charge is 0.486 e. The van der Waals surface area contributed by atoms with Gasteiger partial charge in [0.05, 0.1) is 11.3 Å². The Balaban J connectivity index is 1.55. The second-order valence-corrected chi connectivity index (χ2v) is 7.42. The van der Waals surface area contributed by atoms with Crippen LogP contribution in [0.4, 0.5) is 18.9 Å². The Bertz CT molecular complexity index is 1040. The van der Waals surface area contributed by atoms with Crippen LogP contribution in [-0.4, -0.2) is 26.4 Å². The highest BCUT2D eigenvalue weighted by molar-refractivity contribution is 7.99.